The quantitative estimate of drug-likeness (QED) is 0.148. The highest BCUT2D eigenvalue weighted by Crippen LogP contribution is 2.42. The van der Waals surface area contributed by atoms with Crippen molar-refractivity contribution in [2.24, 2.45) is 0 Å². The number of halogens is 1. The lowest BCUT2D eigenvalue weighted by molar-refractivity contribution is 1.18. The predicted octanol–water partition coefficient (Wildman–Crippen LogP) is 24.5. The first-order valence-electron chi connectivity index (χ1n) is 30.8. The van der Waals surface area contributed by atoms with Crippen LogP contribution in [0.15, 0.2) is 368 Å². The van der Waals surface area contributed by atoms with Gasteiger partial charge in [-0.3, -0.25) is 0 Å². The Morgan fingerprint density at radius 2 is 0.615 bits per heavy atom. The summed E-state index contributed by atoms with van der Waals surface area (Å²) in [7, 11) is 0. The number of anilines is 5. The van der Waals surface area contributed by atoms with Crippen LogP contribution in [-0.2, 0) is 0 Å². The zero-order valence-corrected chi connectivity index (χ0v) is 51.4. The maximum Gasteiger partial charge on any atom is 0.0542 e. The highest BCUT2D eigenvalue weighted by Gasteiger charge is 2.19. The van der Waals surface area contributed by atoms with Crippen molar-refractivity contribution in [2.75, 3.05) is 10.2 Å². The van der Waals surface area contributed by atoms with Gasteiger partial charge < -0.3 is 19.4 Å². The maximum atomic E-state index is 3.52. The van der Waals surface area contributed by atoms with E-state index in [1.165, 1.54) is 110 Å². The third kappa shape index (κ3) is 11.4. The van der Waals surface area contributed by atoms with E-state index in [2.05, 4.69) is 381 Å². The fourth-order valence-corrected chi connectivity index (χ4v) is 13.1. The van der Waals surface area contributed by atoms with Gasteiger partial charge in [-0.25, -0.2) is 0 Å². The first-order valence-corrected chi connectivity index (χ1v) is 31.6. The standard InChI is InChI=1S/C40H28N2.C24H16BrN.C22H17N/c1-3-14-31(15-4-1)41(33-24-22-30(23-25-33)36-20-11-13-29-12-7-8-18-35(29)36)34-26-27-40-38(28-34)37-19-9-10-21-39(37)42(40)32-16-5-2-6-17-32;25-19-13-10-17(11-14-19)18-12-15-24-22(16-18)21-8-4-5-9-23(21)26(24)20-6-2-1-3-7-20;1-2-9-19(10-3-1)23-20-15-13-18(14-16-20)22-12-6-8-17-7-4-5-11-21(17)22/h1-28H;1-16H;1-16,23H. The van der Waals surface area contributed by atoms with Gasteiger partial charge in [0.25, 0.3) is 0 Å². The first kappa shape index (κ1) is 56.0. The number of hydrogen-bond donors (Lipinski definition) is 1. The minimum atomic E-state index is 1.10. The Bertz CT molecular complexity index is 5340. The molecular formula is C86H61BrN4. The van der Waals surface area contributed by atoms with E-state index in [0.29, 0.717) is 0 Å². The summed E-state index contributed by atoms with van der Waals surface area (Å²) in [5, 5.41) is 13.6. The largest absolute Gasteiger partial charge is 0.356 e. The molecule has 0 amide bonds. The molecule has 0 unspecified atom stereocenters. The molecule has 2 aromatic heterocycles. The fraction of sp³-hybridized carbons (Fsp3) is 0. The zero-order chi connectivity index (χ0) is 60.9. The number of fused-ring (bicyclic) bond motifs is 8. The number of rotatable bonds is 10. The molecule has 5 heteroatoms. The van der Waals surface area contributed by atoms with Crippen LogP contribution in [-0.4, -0.2) is 9.13 Å². The van der Waals surface area contributed by atoms with E-state index in [1.54, 1.807) is 0 Å². The number of nitrogens with one attached hydrogen (secondary N) is 1. The van der Waals surface area contributed by atoms with Crippen LogP contribution in [0.4, 0.5) is 28.4 Å². The van der Waals surface area contributed by atoms with Crippen molar-refractivity contribution in [1.29, 1.82) is 0 Å². The highest BCUT2D eigenvalue weighted by molar-refractivity contribution is 9.10. The third-order valence-corrected chi connectivity index (χ3v) is 17.6. The van der Waals surface area contributed by atoms with E-state index in [1.807, 2.05) is 18.2 Å². The van der Waals surface area contributed by atoms with Crippen molar-refractivity contribution in [2.45, 2.75) is 0 Å². The molecule has 17 aromatic rings. The molecule has 4 nitrogen and oxygen atoms in total. The van der Waals surface area contributed by atoms with E-state index < -0.39 is 0 Å². The van der Waals surface area contributed by atoms with Gasteiger partial charge in [-0.2, -0.15) is 0 Å². The second-order valence-corrected chi connectivity index (χ2v) is 23.6. The Morgan fingerprint density at radius 3 is 1.16 bits per heavy atom. The summed E-state index contributed by atoms with van der Waals surface area (Å²) in [6.45, 7) is 0. The molecule has 0 aliphatic rings. The smallest absolute Gasteiger partial charge is 0.0542 e. The lowest BCUT2D eigenvalue weighted by Gasteiger charge is -2.26. The van der Waals surface area contributed by atoms with Crippen LogP contribution in [0.2, 0.25) is 0 Å². The average molecular weight is 1230 g/mol. The van der Waals surface area contributed by atoms with Gasteiger partial charge in [0.05, 0.1) is 22.1 Å². The molecule has 0 saturated carbocycles. The Hall–Kier alpha value is -11.5. The molecule has 0 spiro atoms. The van der Waals surface area contributed by atoms with Gasteiger partial charge in [-0.1, -0.05) is 253 Å². The highest BCUT2D eigenvalue weighted by atomic mass is 79.9. The van der Waals surface area contributed by atoms with Gasteiger partial charge >= 0.3 is 0 Å². The van der Waals surface area contributed by atoms with Crippen LogP contribution in [0, 0.1) is 0 Å². The molecule has 0 aliphatic carbocycles. The number of hydrogen-bond acceptors (Lipinski definition) is 2. The van der Waals surface area contributed by atoms with E-state index in [4.69, 9.17) is 0 Å². The first-order chi connectivity index (χ1) is 45.1. The summed E-state index contributed by atoms with van der Waals surface area (Å²) in [5.41, 5.74) is 20.3. The van der Waals surface area contributed by atoms with Crippen molar-refractivity contribution in [3.05, 3.63) is 368 Å². The van der Waals surface area contributed by atoms with E-state index in [9.17, 15) is 0 Å². The van der Waals surface area contributed by atoms with Crippen molar-refractivity contribution >= 4 is 110 Å². The number of benzene rings is 15. The summed E-state index contributed by atoms with van der Waals surface area (Å²) in [4.78, 5) is 2.35. The van der Waals surface area contributed by atoms with Crippen LogP contribution in [0.5, 0.6) is 0 Å². The molecule has 91 heavy (non-hydrogen) atoms. The summed E-state index contributed by atoms with van der Waals surface area (Å²) in [6, 6.07) is 129. The molecule has 0 bridgehead atoms. The Morgan fingerprint density at radius 1 is 0.242 bits per heavy atom. The van der Waals surface area contributed by atoms with Crippen LogP contribution in [0.25, 0.3) is 110 Å². The van der Waals surface area contributed by atoms with Crippen LogP contribution in [0.3, 0.4) is 0 Å². The van der Waals surface area contributed by atoms with Gasteiger partial charge in [0.1, 0.15) is 0 Å². The van der Waals surface area contributed by atoms with Crippen molar-refractivity contribution in [1.82, 2.24) is 9.13 Å². The third-order valence-electron chi connectivity index (χ3n) is 17.1. The second kappa shape index (κ2) is 25.3. The molecule has 0 aliphatic heterocycles. The minimum absolute atomic E-state index is 1.10. The summed E-state index contributed by atoms with van der Waals surface area (Å²) in [5.74, 6) is 0. The average Bonchev–Trinajstić information content (AvgIpc) is 1.64. The van der Waals surface area contributed by atoms with Gasteiger partial charge in [-0.15, -0.1) is 0 Å². The molecule has 432 valence electrons. The molecule has 0 fully saturated rings. The van der Waals surface area contributed by atoms with Gasteiger partial charge in [-0.05, 0) is 182 Å². The van der Waals surface area contributed by atoms with E-state index >= 15 is 0 Å². The number of aromatic nitrogens is 2. The molecule has 15 aromatic carbocycles. The maximum absolute atomic E-state index is 3.52. The fourth-order valence-electron chi connectivity index (χ4n) is 12.8. The lowest BCUT2D eigenvalue weighted by atomic mass is 9.98. The van der Waals surface area contributed by atoms with Crippen LogP contribution in [0.1, 0.15) is 0 Å². The van der Waals surface area contributed by atoms with E-state index in [-0.39, 0.29) is 0 Å². The van der Waals surface area contributed by atoms with Gasteiger partial charge in [0.2, 0.25) is 0 Å². The number of para-hydroxylation sites is 6. The molecule has 0 radical (unpaired) electrons. The molecule has 0 saturated heterocycles. The molecule has 0 atom stereocenters. The normalized spacial score (nSPS) is 11.1. The van der Waals surface area contributed by atoms with E-state index in [0.717, 1.165) is 32.9 Å². The van der Waals surface area contributed by atoms with Gasteiger partial charge in [0.15, 0.2) is 0 Å². The van der Waals surface area contributed by atoms with Crippen LogP contribution >= 0.6 is 15.9 Å². The predicted molar refractivity (Wildman–Crippen MR) is 391 cm³/mol. The molecule has 1 N–H and O–H groups in total. The number of nitrogens with zero attached hydrogens (tertiary/aromatic N) is 3. The summed E-state index contributed by atoms with van der Waals surface area (Å²) >= 11 is 3.52. The van der Waals surface area contributed by atoms with Crippen molar-refractivity contribution in [3.8, 4) is 44.8 Å². The SMILES string of the molecule is Brc1ccc(-c2ccc3c(c2)c2ccccc2n3-c2ccccc2)cc1.c1ccc(N(c2ccc(-c3cccc4ccccc34)cc2)c2ccc3c(c2)c2ccccc2n3-c2ccccc2)cc1.c1ccc(Nc2ccc(-c3cccc4ccccc34)cc2)cc1. The van der Waals surface area contributed by atoms with Gasteiger partial charge in [0, 0.05) is 65.8 Å². The minimum Gasteiger partial charge on any atom is -0.356 e. The monoisotopic (exact) mass is 1230 g/mol. The zero-order valence-electron chi connectivity index (χ0n) is 49.9. The Balaban J connectivity index is 0.000000121. The van der Waals surface area contributed by atoms with Crippen LogP contribution < -0.4 is 10.2 Å². The molecular weight excluding hydrogens is 1170 g/mol. The van der Waals surface area contributed by atoms with Crippen molar-refractivity contribution in [3.63, 3.8) is 0 Å². The Kier molecular flexibility index (Phi) is 15.6. The second-order valence-electron chi connectivity index (χ2n) is 22.7. The Labute approximate surface area is 538 Å². The molecule has 2 heterocycles. The topological polar surface area (TPSA) is 25.1 Å². The molecule has 17 rings (SSSR count). The lowest BCUT2D eigenvalue weighted by Crippen LogP contribution is -2.09. The van der Waals surface area contributed by atoms with Crippen molar-refractivity contribution < 1.29 is 0 Å². The summed E-state index contributed by atoms with van der Waals surface area (Å²) in [6.07, 6.45) is 0. The summed E-state index contributed by atoms with van der Waals surface area (Å²) < 4.78 is 5.80.